The first kappa shape index (κ1) is 24.2. The van der Waals surface area contributed by atoms with Gasteiger partial charge in [0.2, 0.25) is 29.0 Å². The SMILES string of the molecule is CCOC(=O)c1ccc([C@@H]2OC3(C(=O)c4ccccc4C3=O)[C@@H]3C(=O)N(c4ccccc4Cl)C(=O)[C@@H]32)cc1. The van der Waals surface area contributed by atoms with Crippen LogP contribution in [0.5, 0.6) is 0 Å². The zero-order chi connectivity index (χ0) is 26.8. The fraction of sp³-hybridized carbons (Fsp3) is 0.207. The van der Waals surface area contributed by atoms with Gasteiger partial charge in [-0.05, 0) is 36.8 Å². The van der Waals surface area contributed by atoms with Crippen LogP contribution in [0.3, 0.4) is 0 Å². The topological polar surface area (TPSA) is 107 Å². The number of hydrogen-bond donors (Lipinski definition) is 0. The Morgan fingerprint density at radius 2 is 1.50 bits per heavy atom. The smallest absolute Gasteiger partial charge is 0.338 e. The second-order valence-electron chi connectivity index (χ2n) is 9.29. The predicted octanol–water partition coefficient (Wildman–Crippen LogP) is 4.21. The Labute approximate surface area is 222 Å². The summed E-state index contributed by atoms with van der Waals surface area (Å²) in [5.74, 6) is -5.74. The number of anilines is 1. The van der Waals surface area contributed by atoms with Crippen molar-refractivity contribution < 1.29 is 33.4 Å². The molecule has 3 aromatic carbocycles. The van der Waals surface area contributed by atoms with Crippen molar-refractivity contribution in [1.29, 1.82) is 0 Å². The van der Waals surface area contributed by atoms with Gasteiger partial charge in [0.25, 0.3) is 0 Å². The largest absolute Gasteiger partial charge is 0.462 e. The summed E-state index contributed by atoms with van der Waals surface area (Å²) in [6.45, 7) is 1.90. The highest BCUT2D eigenvalue weighted by Gasteiger charge is 2.74. The van der Waals surface area contributed by atoms with Crippen molar-refractivity contribution in [3.63, 3.8) is 0 Å². The molecule has 1 spiro atoms. The van der Waals surface area contributed by atoms with Gasteiger partial charge >= 0.3 is 5.97 Å². The Balaban J connectivity index is 1.50. The fourth-order valence-electron chi connectivity index (χ4n) is 5.71. The van der Waals surface area contributed by atoms with Crippen molar-refractivity contribution in [2.45, 2.75) is 18.6 Å². The third kappa shape index (κ3) is 3.17. The highest BCUT2D eigenvalue weighted by atomic mass is 35.5. The number of fused-ring (bicyclic) bond motifs is 3. The minimum absolute atomic E-state index is 0.144. The second kappa shape index (κ2) is 8.72. The molecule has 0 radical (unpaired) electrons. The number of para-hydroxylation sites is 1. The maximum absolute atomic E-state index is 13.9. The first-order chi connectivity index (χ1) is 18.3. The number of carbonyl (C=O) groups excluding carboxylic acids is 5. The van der Waals surface area contributed by atoms with E-state index in [1.165, 1.54) is 30.3 Å². The molecule has 0 N–H and O–H groups in total. The van der Waals surface area contributed by atoms with Crippen LogP contribution in [-0.4, -0.2) is 41.6 Å². The third-order valence-electron chi connectivity index (χ3n) is 7.36. The molecule has 2 amide bonds. The van der Waals surface area contributed by atoms with Crippen molar-refractivity contribution in [1.82, 2.24) is 0 Å². The van der Waals surface area contributed by atoms with Gasteiger partial charge in [0, 0.05) is 11.1 Å². The first-order valence-electron chi connectivity index (χ1n) is 12.1. The van der Waals surface area contributed by atoms with Crippen LogP contribution in [-0.2, 0) is 19.1 Å². The van der Waals surface area contributed by atoms with Crippen molar-refractivity contribution in [2.24, 2.45) is 11.8 Å². The Morgan fingerprint density at radius 1 is 0.895 bits per heavy atom. The summed E-state index contributed by atoms with van der Waals surface area (Å²) in [5.41, 5.74) is -1.02. The summed E-state index contributed by atoms with van der Waals surface area (Å²) in [6.07, 6.45) is -1.11. The molecule has 38 heavy (non-hydrogen) atoms. The molecule has 1 aliphatic carbocycles. The summed E-state index contributed by atoms with van der Waals surface area (Å²) in [7, 11) is 0. The maximum atomic E-state index is 13.9. The second-order valence-corrected chi connectivity index (χ2v) is 9.69. The lowest BCUT2D eigenvalue weighted by Crippen LogP contribution is -2.51. The Morgan fingerprint density at radius 3 is 2.11 bits per heavy atom. The summed E-state index contributed by atoms with van der Waals surface area (Å²) in [6, 6.07) is 18.8. The lowest BCUT2D eigenvalue weighted by molar-refractivity contribution is -0.127. The van der Waals surface area contributed by atoms with Crippen molar-refractivity contribution in [3.8, 4) is 0 Å². The monoisotopic (exact) mass is 529 g/mol. The van der Waals surface area contributed by atoms with E-state index in [1.807, 2.05) is 0 Å². The van der Waals surface area contributed by atoms with Gasteiger partial charge in [-0.15, -0.1) is 0 Å². The van der Waals surface area contributed by atoms with E-state index in [2.05, 4.69) is 0 Å². The number of ether oxygens (including phenoxy) is 2. The Hall–Kier alpha value is -4.14. The number of ketones is 2. The molecule has 3 aliphatic rings. The van der Waals surface area contributed by atoms with Crippen molar-refractivity contribution in [2.75, 3.05) is 11.5 Å². The number of imide groups is 1. The lowest BCUT2D eigenvalue weighted by atomic mass is 9.77. The number of esters is 1. The summed E-state index contributed by atoms with van der Waals surface area (Å²) in [5, 5.41) is 0.173. The van der Waals surface area contributed by atoms with E-state index >= 15 is 0 Å². The van der Waals surface area contributed by atoms with Crippen molar-refractivity contribution >= 4 is 46.6 Å². The zero-order valence-corrected chi connectivity index (χ0v) is 20.8. The van der Waals surface area contributed by atoms with Gasteiger partial charge in [-0.25, -0.2) is 9.69 Å². The highest BCUT2D eigenvalue weighted by Crippen LogP contribution is 2.58. The molecule has 2 heterocycles. The van der Waals surface area contributed by atoms with E-state index in [4.69, 9.17) is 21.1 Å². The quantitative estimate of drug-likeness (QED) is 0.283. The molecule has 6 rings (SSSR count). The van der Waals surface area contributed by atoms with Gasteiger partial charge in [-0.1, -0.05) is 60.1 Å². The summed E-state index contributed by atoms with van der Waals surface area (Å²) >= 11 is 6.34. The molecular formula is C29H20ClNO7. The third-order valence-corrected chi connectivity index (χ3v) is 7.68. The van der Waals surface area contributed by atoms with Crippen LogP contribution < -0.4 is 4.90 Å². The number of hydrogen-bond acceptors (Lipinski definition) is 7. The minimum Gasteiger partial charge on any atom is -0.462 e. The van der Waals surface area contributed by atoms with Crippen LogP contribution in [0.1, 0.15) is 49.7 Å². The van der Waals surface area contributed by atoms with Gasteiger partial charge in [-0.3, -0.25) is 19.2 Å². The van der Waals surface area contributed by atoms with E-state index in [0.29, 0.717) is 5.56 Å². The van der Waals surface area contributed by atoms with Crippen LogP contribution in [0.2, 0.25) is 5.02 Å². The number of nitrogens with zero attached hydrogens (tertiary/aromatic N) is 1. The van der Waals surface area contributed by atoms with Crippen LogP contribution in [0.25, 0.3) is 0 Å². The van der Waals surface area contributed by atoms with E-state index in [0.717, 1.165) is 4.90 Å². The van der Waals surface area contributed by atoms with E-state index in [1.54, 1.807) is 49.4 Å². The number of amides is 2. The number of rotatable bonds is 4. The van der Waals surface area contributed by atoms with Crippen LogP contribution in [0.4, 0.5) is 5.69 Å². The molecular weight excluding hydrogens is 510 g/mol. The Bertz CT molecular complexity index is 1510. The molecule has 190 valence electrons. The molecule has 0 unspecified atom stereocenters. The normalized spacial score (nSPS) is 23.2. The van der Waals surface area contributed by atoms with Gasteiger partial charge < -0.3 is 9.47 Å². The van der Waals surface area contributed by atoms with E-state index in [-0.39, 0.29) is 34.0 Å². The summed E-state index contributed by atoms with van der Waals surface area (Å²) in [4.78, 5) is 68.6. The zero-order valence-electron chi connectivity index (χ0n) is 20.1. The average Bonchev–Trinajstić information content (AvgIpc) is 3.49. The van der Waals surface area contributed by atoms with Crippen molar-refractivity contribution in [3.05, 3.63) is 100 Å². The van der Waals surface area contributed by atoms with Gasteiger partial charge in [-0.2, -0.15) is 0 Å². The van der Waals surface area contributed by atoms with Gasteiger partial charge in [0.05, 0.1) is 40.8 Å². The molecule has 0 aromatic heterocycles. The number of benzene rings is 3. The average molecular weight is 530 g/mol. The van der Waals surface area contributed by atoms with Gasteiger partial charge in [0.15, 0.2) is 0 Å². The number of halogens is 1. The van der Waals surface area contributed by atoms with Crippen LogP contribution in [0.15, 0.2) is 72.8 Å². The van der Waals surface area contributed by atoms with Crippen LogP contribution in [0, 0.1) is 11.8 Å². The first-order valence-corrected chi connectivity index (χ1v) is 12.4. The highest BCUT2D eigenvalue weighted by molar-refractivity contribution is 6.39. The molecule has 0 bridgehead atoms. The standard InChI is InChI=1S/C29H20ClNO7/c1-2-37-28(36)16-13-11-15(12-14-16)23-21-22(27(35)31(26(21)34)20-10-6-5-9-19(20)30)29(38-23)24(32)17-7-3-4-8-18(17)25(29)33/h3-14,21-23H,2H2,1H3/t21-,22-,23-/m0/s1. The Kier molecular flexibility index (Phi) is 5.55. The number of carbonyl (C=O) groups is 5. The van der Waals surface area contributed by atoms with E-state index < -0.39 is 52.9 Å². The molecule has 2 fully saturated rings. The predicted molar refractivity (Wildman–Crippen MR) is 135 cm³/mol. The van der Waals surface area contributed by atoms with E-state index in [9.17, 15) is 24.0 Å². The fourth-order valence-corrected chi connectivity index (χ4v) is 5.93. The molecule has 3 atom stereocenters. The lowest BCUT2D eigenvalue weighted by Gasteiger charge is -2.27. The maximum Gasteiger partial charge on any atom is 0.338 e. The molecule has 0 saturated carbocycles. The number of Topliss-reactive ketones (excluding diaryl/α,β-unsaturated/α-hetero) is 2. The van der Waals surface area contributed by atoms with Crippen LogP contribution >= 0.6 is 11.6 Å². The summed E-state index contributed by atoms with van der Waals surface area (Å²) < 4.78 is 11.3. The minimum atomic E-state index is -2.19. The molecule has 9 heteroatoms. The molecule has 8 nitrogen and oxygen atoms in total. The molecule has 2 aliphatic heterocycles. The van der Waals surface area contributed by atoms with Gasteiger partial charge in [0.1, 0.15) is 0 Å². The molecule has 3 aromatic rings. The molecule has 2 saturated heterocycles.